The third kappa shape index (κ3) is 4.91. The first kappa shape index (κ1) is 17.7. The van der Waals surface area contributed by atoms with Crippen molar-refractivity contribution in [1.29, 1.82) is 0 Å². The first-order valence-electron chi connectivity index (χ1n) is 8.04. The van der Waals surface area contributed by atoms with E-state index in [0.717, 1.165) is 37.2 Å². The van der Waals surface area contributed by atoms with Crippen LogP contribution in [0, 0.1) is 6.92 Å². The fourth-order valence-corrected chi connectivity index (χ4v) is 2.97. The Bertz CT molecular complexity index is 569. The zero-order valence-corrected chi connectivity index (χ0v) is 14.8. The number of rotatable bonds is 4. The quantitative estimate of drug-likeness (QED) is 0.651. The SMILES string of the molecule is CCOC(=O)c1cccc(NC(=S)NC2CCN(C)CC2)c1C. The minimum Gasteiger partial charge on any atom is -0.462 e. The number of nitrogens with zero attached hydrogens (tertiary/aromatic N) is 1. The molecule has 0 radical (unpaired) electrons. The molecule has 1 fully saturated rings. The monoisotopic (exact) mass is 335 g/mol. The van der Waals surface area contributed by atoms with E-state index in [1.54, 1.807) is 13.0 Å². The normalized spacial score (nSPS) is 16.0. The number of benzene rings is 1. The Labute approximate surface area is 143 Å². The summed E-state index contributed by atoms with van der Waals surface area (Å²) in [6.07, 6.45) is 2.17. The van der Waals surface area contributed by atoms with Crippen molar-refractivity contribution >= 4 is 29.0 Å². The molecule has 23 heavy (non-hydrogen) atoms. The van der Waals surface area contributed by atoms with Crippen molar-refractivity contribution in [3.8, 4) is 0 Å². The Hall–Kier alpha value is -1.66. The van der Waals surface area contributed by atoms with Crippen molar-refractivity contribution in [2.24, 2.45) is 0 Å². The molecule has 0 amide bonds. The number of nitrogens with one attached hydrogen (secondary N) is 2. The van der Waals surface area contributed by atoms with Crippen LogP contribution in [-0.4, -0.2) is 48.8 Å². The number of carbonyl (C=O) groups excluding carboxylic acids is 1. The molecule has 1 aromatic carbocycles. The second-order valence-electron chi connectivity index (χ2n) is 5.87. The maximum absolute atomic E-state index is 11.9. The van der Waals surface area contributed by atoms with Gasteiger partial charge in [0.25, 0.3) is 0 Å². The summed E-state index contributed by atoms with van der Waals surface area (Å²) in [6, 6.07) is 5.92. The molecule has 1 saturated heterocycles. The van der Waals surface area contributed by atoms with Crippen molar-refractivity contribution in [2.75, 3.05) is 32.1 Å². The van der Waals surface area contributed by atoms with Crippen LogP contribution < -0.4 is 10.6 Å². The molecule has 6 heteroatoms. The van der Waals surface area contributed by atoms with Gasteiger partial charge >= 0.3 is 5.97 Å². The Morgan fingerprint density at radius 1 is 1.39 bits per heavy atom. The second kappa shape index (κ2) is 8.26. The Morgan fingerprint density at radius 2 is 2.09 bits per heavy atom. The molecule has 0 aromatic heterocycles. The Balaban J connectivity index is 1.98. The standard InChI is InChI=1S/C17H25N3O2S/c1-4-22-16(21)14-6-5-7-15(12(14)2)19-17(23)18-13-8-10-20(3)11-9-13/h5-7,13H,4,8-11H2,1-3H3,(H2,18,19,23). The first-order valence-corrected chi connectivity index (χ1v) is 8.45. The fourth-order valence-electron chi connectivity index (χ4n) is 2.70. The van der Waals surface area contributed by atoms with Gasteiger partial charge in [-0.2, -0.15) is 0 Å². The number of anilines is 1. The molecule has 0 bridgehead atoms. The topological polar surface area (TPSA) is 53.6 Å². The summed E-state index contributed by atoms with van der Waals surface area (Å²) in [5.74, 6) is -0.303. The number of likely N-dealkylation sites (tertiary alicyclic amines) is 1. The van der Waals surface area contributed by atoms with E-state index in [1.807, 2.05) is 19.1 Å². The molecule has 0 saturated carbocycles. The predicted octanol–water partition coefficient (Wildman–Crippen LogP) is 2.55. The van der Waals surface area contributed by atoms with Crippen molar-refractivity contribution in [1.82, 2.24) is 10.2 Å². The highest BCUT2D eigenvalue weighted by Gasteiger charge is 2.18. The highest BCUT2D eigenvalue weighted by Crippen LogP contribution is 2.20. The Kier molecular flexibility index (Phi) is 6.36. The molecule has 126 valence electrons. The third-order valence-electron chi connectivity index (χ3n) is 4.13. The largest absolute Gasteiger partial charge is 0.462 e. The van der Waals surface area contributed by atoms with Gasteiger partial charge < -0.3 is 20.3 Å². The highest BCUT2D eigenvalue weighted by atomic mass is 32.1. The van der Waals surface area contributed by atoms with Gasteiger partial charge in [-0.1, -0.05) is 6.07 Å². The van der Waals surface area contributed by atoms with Crippen molar-refractivity contribution in [2.45, 2.75) is 32.7 Å². The number of hydrogen-bond donors (Lipinski definition) is 2. The van der Waals surface area contributed by atoms with Crippen LogP contribution in [-0.2, 0) is 4.74 Å². The van der Waals surface area contributed by atoms with Crippen LogP contribution in [0.15, 0.2) is 18.2 Å². The zero-order chi connectivity index (χ0) is 16.8. The van der Waals surface area contributed by atoms with Gasteiger partial charge in [0.2, 0.25) is 0 Å². The van der Waals surface area contributed by atoms with Gasteiger partial charge in [-0.25, -0.2) is 4.79 Å². The van der Waals surface area contributed by atoms with Gasteiger partial charge in [0.1, 0.15) is 0 Å². The lowest BCUT2D eigenvalue weighted by Crippen LogP contribution is -2.44. The Morgan fingerprint density at radius 3 is 2.74 bits per heavy atom. The van der Waals surface area contributed by atoms with Gasteiger partial charge in [0.05, 0.1) is 12.2 Å². The summed E-state index contributed by atoms with van der Waals surface area (Å²) < 4.78 is 5.08. The van der Waals surface area contributed by atoms with Crippen molar-refractivity contribution in [3.05, 3.63) is 29.3 Å². The predicted molar refractivity (Wildman–Crippen MR) is 97.0 cm³/mol. The van der Waals surface area contributed by atoms with Crippen LogP contribution in [0.2, 0.25) is 0 Å². The summed E-state index contributed by atoms with van der Waals surface area (Å²) in [5, 5.41) is 7.17. The summed E-state index contributed by atoms with van der Waals surface area (Å²) in [6.45, 7) is 6.23. The molecular formula is C17H25N3O2S. The molecule has 1 aliphatic rings. The van der Waals surface area contributed by atoms with E-state index >= 15 is 0 Å². The number of carbonyl (C=O) groups is 1. The van der Waals surface area contributed by atoms with Crippen LogP contribution in [0.5, 0.6) is 0 Å². The van der Waals surface area contributed by atoms with E-state index in [0.29, 0.717) is 23.3 Å². The summed E-state index contributed by atoms with van der Waals surface area (Å²) in [5.41, 5.74) is 2.25. The van der Waals surface area contributed by atoms with Crippen LogP contribution in [0.1, 0.15) is 35.7 Å². The van der Waals surface area contributed by atoms with E-state index in [9.17, 15) is 4.79 Å². The van der Waals surface area contributed by atoms with Crippen LogP contribution >= 0.6 is 12.2 Å². The van der Waals surface area contributed by atoms with Crippen molar-refractivity contribution in [3.63, 3.8) is 0 Å². The number of piperidine rings is 1. The number of thiocarbonyl (C=S) groups is 1. The zero-order valence-electron chi connectivity index (χ0n) is 14.0. The van der Waals surface area contributed by atoms with Gasteiger partial charge in [-0.05, 0) is 76.7 Å². The summed E-state index contributed by atoms with van der Waals surface area (Å²) >= 11 is 5.41. The number of hydrogen-bond acceptors (Lipinski definition) is 4. The van der Waals surface area contributed by atoms with Gasteiger partial charge in [-0.15, -0.1) is 0 Å². The average Bonchev–Trinajstić information content (AvgIpc) is 2.52. The van der Waals surface area contributed by atoms with Crippen molar-refractivity contribution < 1.29 is 9.53 Å². The van der Waals surface area contributed by atoms with E-state index in [2.05, 4.69) is 22.6 Å². The van der Waals surface area contributed by atoms with Gasteiger partial charge in [0, 0.05) is 11.7 Å². The van der Waals surface area contributed by atoms with E-state index in [4.69, 9.17) is 17.0 Å². The van der Waals surface area contributed by atoms with Crippen LogP contribution in [0.4, 0.5) is 5.69 Å². The molecule has 0 atom stereocenters. The van der Waals surface area contributed by atoms with E-state index < -0.39 is 0 Å². The molecule has 0 unspecified atom stereocenters. The maximum atomic E-state index is 11.9. The molecule has 1 heterocycles. The van der Waals surface area contributed by atoms with Gasteiger partial charge in [0.15, 0.2) is 5.11 Å². The number of ether oxygens (including phenoxy) is 1. The highest BCUT2D eigenvalue weighted by molar-refractivity contribution is 7.80. The molecule has 2 rings (SSSR count). The second-order valence-corrected chi connectivity index (χ2v) is 6.28. The number of esters is 1. The summed E-state index contributed by atoms with van der Waals surface area (Å²) in [4.78, 5) is 14.3. The van der Waals surface area contributed by atoms with Gasteiger partial charge in [-0.3, -0.25) is 0 Å². The first-order chi connectivity index (χ1) is 11.0. The summed E-state index contributed by atoms with van der Waals surface area (Å²) in [7, 11) is 2.14. The molecule has 1 aromatic rings. The van der Waals surface area contributed by atoms with E-state index in [-0.39, 0.29) is 5.97 Å². The molecule has 2 N–H and O–H groups in total. The molecule has 0 aliphatic carbocycles. The van der Waals surface area contributed by atoms with Crippen LogP contribution in [0.25, 0.3) is 0 Å². The minimum absolute atomic E-state index is 0.303. The molecule has 1 aliphatic heterocycles. The smallest absolute Gasteiger partial charge is 0.338 e. The molecule has 0 spiro atoms. The lowest BCUT2D eigenvalue weighted by atomic mass is 10.1. The fraction of sp³-hybridized carbons (Fsp3) is 0.529. The molecular weight excluding hydrogens is 310 g/mol. The lowest BCUT2D eigenvalue weighted by molar-refractivity contribution is 0.0525. The lowest BCUT2D eigenvalue weighted by Gasteiger charge is -2.30. The maximum Gasteiger partial charge on any atom is 0.338 e. The minimum atomic E-state index is -0.303. The van der Waals surface area contributed by atoms with E-state index in [1.165, 1.54) is 0 Å². The third-order valence-corrected chi connectivity index (χ3v) is 4.35. The average molecular weight is 335 g/mol. The molecule has 5 nitrogen and oxygen atoms in total. The van der Waals surface area contributed by atoms with Crippen LogP contribution in [0.3, 0.4) is 0 Å².